The average Bonchev–Trinajstić information content (AvgIpc) is 2.81. The molecule has 6 nitrogen and oxygen atoms in total. The number of nitrogens with zero attached hydrogens (tertiary/aromatic N) is 3. The van der Waals surface area contributed by atoms with Gasteiger partial charge in [0, 0.05) is 19.8 Å². The van der Waals surface area contributed by atoms with E-state index in [1.165, 1.54) is 0 Å². The highest BCUT2D eigenvalue weighted by molar-refractivity contribution is 6.28. The van der Waals surface area contributed by atoms with Crippen LogP contribution in [0.15, 0.2) is 6.33 Å². The van der Waals surface area contributed by atoms with Gasteiger partial charge in [-0.2, -0.15) is 9.97 Å². The second-order valence-corrected chi connectivity index (χ2v) is 4.17. The monoisotopic (exact) mass is 269 g/mol. The number of aromatic amines is 1. The molecule has 0 bridgehead atoms. The van der Waals surface area contributed by atoms with Crippen LogP contribution in [-0.4, -0.2) is 39.7 Å². The first-order valence-electron chi connectivity index (χ1n) is 5.99. The fraction of sp³-hybridized carbons (Fsp3) is 0.545. The lowest BCUT2D eigenvalue weighted by Crippen LogP contribution is -2.08. The molecule has 7 heteroatoms. The van der Waals surface area contributed by atoms with Crippen LogP contribution in [-0.2, 0) is 4.74 Å². The number of imidazole rings is 1. The summed E-state index contributed by atoms with van der Waals surface area (Å²) in [6.07, 6.45) is 3.53. The van der Waals surface area contributed by atoms with Crippen LogP contribution < -0.4 is 5.32 Å². The third-order valence-electron chi connectivity index (χ3n) is 2.36. The van der Waals surface area contributed by atoms with Crippen LogP contribution in [0.3, 0.4) is 0 Å². The first-order chi connectivity index (χ1) is 8.81. The van der Waals surface area contributed by atoms with E-state index in [1.54, 1.807) is 6.33 Å². The van der Waals surface area contributed by atoms with Crippen molar-refractivity contribution in [3.05, 3.63) is 11.6 Å². The van der Waals surface area contributed by atoms with E-state index in [1.807, 2.05) is 0 Å². The van der Waals surface area contributed by atoms with Crippen LogP contribution in [0.2, 0.25) is 5.28 Å². The van der Waals surface area contributed by atoms with Crippen molar-refractivity contribution in [2.45, 2.75) is 19.8 Å². The zero-order chi connectivity index (χ0) is 12.8. The summed E-state index contributed by atoms with van der Waals surface area (Å²) in [5.74, 6) is 0.679. The number of hydrogen-bond donors (Lipinski definition) is 2. The molecule has 2 N–H and O–H groups in total. The number of anilines is 1. The van der Waals surface area contributed by atoms with E-state index >= 15 is 0 Å². The lowest BCUT2D eigenvalue weighted by atomic mass is 10.4. The molecule has 2 heterocycles. The minimum atomic E-state index is 0.194. The number of fused-ring (bicyclic) bond motifs is 1. The Labute approximate surface area is 110 Å². The Balaban J connectivity index is 1.89. The maximum absolute atomic E-state index is 5.82. The topological polar surface area (TPSA) is 75.7 Å². The van der Waals surface area contributed by atoms with Crippen molar-refractivity contribution >= 4 is 28.6 Å². The molecule has 2 rings (SSSR count). The second-order valence-electron chi connectivity index (χ2n) is 3.84. The van der Waals surface area contributed by atoms with Crippen LogP contribution >= 0.6 is 11.6 Å². The van der Waals surface area contributed by atoms with Crippen molar-refractivity contribution in [2.75, 3.05) is 25.1 Å². The van der Waals surface area contributed by atoms with Gasteiger partial charge < -0.3 is 15.0 Å². The minimum absolute atomic E-state index is 0.194. The smallest absolute Gasteiger partial charge is 0.226 e. The Morgan fingerprint density at radius 2 is 2.28 bits per heavy atom. The first kappa shape index (κ1) is 13.0. The molecule has 0 unspecified atom stereocenters. The fourth-order valence-corrected chi connectivity index (χ4v) is 1.73. The molecule has 0 spiro atoms. The van der Waals surface area contributed by atoms with Crippen molar-refractivity contribution in [1.29, 1.82) is 0 Å². The lowest BCUT2D eigenvalue weighted by molar-refractivity contribution is 0.134. The van der Waals surface area contributed by atoms with E-state index in [0.717, 1.165) is 38.1 Å². The van der Waals surface area contributed by atoms with Crippen molar-refractivity contribution in [2.24, 2.45) is 0 Å². The van der Waals surface area contributed by atoms with Gasteiger partial charge in [0.25, 0.3) is 0 Å². The zero-order valence-electron chi connectivity index (χ0n) is 10.2. The summed E-state index contributed by atoms with van der Waals surface area (Å²) in [5, 5.41) is 3.40. The Bertz CT molecular complexity index is 501. The fourth-order valence-electron chi connectivity index (χ4n) is 1.56. The molecule has 18 heavy (non-hydrogen) atoms. The Kier molecular flexibility index (Phi) is 4.72. The van der Waals surface area contributed by atoms with E-state index in [-0.39, 0.29) is 5.28 Å². The van der Waals surface area contributed by atoms with Crippen molar-refractivity contribution in [3.63, 3.8) is 0 Å². The van der Waals surface area contributed by atoms with Crippen LogP contribution in [0, 0.1) is 0 Å². The molecule has 0 aromatic carbocycles. The first-order valence-corrected chi connectivity index (χ1v) is 6.37. The van der Waals surface area contributed by atoms with E-state index < -0.39 is 0 Å². The summed E-state index contributed by atoms with van der Waals surface area (Å²) in [6.45, 7) is 4.41. The number of H-pyrrole nitrogens is 1. The van der Waals surface area contributed by atoms with Gasteiger partial charge in [-0.1, -0.05) is 6.92 Å². The largest absolute Gasteiger partial charge is 0.381 e. The van der Waals surface area contributed by atoms with Gasteiger partial charge >= 0.3 is 0 Å². The van der Waals surface area contributed by atoms with E-state index in [0.29, 0.717) is 11.5 Å². The highest BCUT2D eigenvalue weighted by Crippen LogP contribution is 2.18. The molecule has 0 saturated carbocycles. The van der Waals surface area contributed by atoms with Crippen LogP contribution in [0.25, 0.3) is 11.2 Å². The maximum atomic E-state index is 5.82. The van der Waals surface area contributed by atoms with Gasteiger partial charge in [0.05, 0.1) is 6.33 Å². The summed E-state index contributed by atoms with van der Waals surface area (Å²) in [5.41, 5.74) is 1.34. The molecule has 0 radical (unpaired) electrons. The molecule has 0 aliphatic heterocycles. The van der Waals surface area contributed by atoms with Crippen molar-refractivity contribution in [3.8, 4) is 0 Å². The zero-order valence-corrected chi connectivity index (χ0v) is 11.0. The number of hydrogen-bond acceptors (Lipinski definition) is 5. The number of rotatable bonds is 7. The number of aromatic nitrogens is 4. The minimum Gasteiger partial charge on any atom is -0.381 e. The van der Waals surface area contributed by atoms with Gasteiger partial charge in [0.2, 0.25) is 5.28 Å². The summed E-state index contributed by atoms with van der Waals surface area (Å²) in [6, 6.07) is 0. The lowest BCUT2D eigenvalue weighted by Gasteiger charge is -2.06. The number of ether oxygens (including phenoxy) is 1. The van der Waals surface area contributed by atoms with Gasteiger partial charge in [-0.25, -0.2) is 4.98 Å². The van der Waals surface area contributed by atoms with E-state index in [2.05, 4.69) is 32.2 Å². The third kappa shape index (κ3) is 3.30. The molecule has 98 valence electrons. The van der Waals surface area contributed by atoms with Crippen LogP contribution in [0.4, 0.5) is 5.82 Å². The highest BCUT2D eigenvalue weighted by atomic mass is 35.5. The molecule has 2 aromatic rings. The van der Waals surface area contributed by atoms with Gasteiger partial charge in [0.1, 0.15) is 5.52 Å². The molecular weight excluding hydrogens is 254 g/mol. The molecule has 0 aliphatic carbocycles. The summed E-state index contributed by atoms with van der Waals surface area (Å²) in [7, 11) is 0. The SMILES string of the molecule is CCCOCCCNc1nc(Cl)nc2nc[nH]c12. The number of nitrogens with one attached hydrogen (secondary N) is 2. The van der Waals surface area contributed by atoms with Crippen LogP contribution in [0.1, 0.15) is 19.8 Å². The summed E-state index contributed by atoms with van der Waals surface area (Å²) >= 11 is 5.82. The number of halogens is 1. The third-order valence-corrected chi connectivity index (χ3v) is 2.53. The highest BCUT2D eigenvalue weighted by Gasteiger charge is 2.07. The predicted molar refractivity (Wildman–Crippen MR) is 70.9 cm³/mol. The van der Waals surface area contributed by atoms with Gasteiger partial charge in [-0.15, -0.1) is 0 Å². The Morgan fingerprint density at radius 3 is 3.11 bits per heavy atom. The van der Waals surface area contributed by atoms with E-state index in [9.17, 15) is 0 Å². The molecule has 0 amide bonds. The predicted octanol–water partition coefficient (Wildman–Crippen LogP) is 2.23. The molecular formula is C11H16ClN5O. The summed E-state index contributed by atoms with van der Waals surface area (Å²) in [4.78, 5) is 15.2. The van der Waals surface area contributed by atoms with Crippen LogP contribution in [0.5, 0.6) is 0 Å². The standard InChI is InChI=1S/C11H16ClN5O/c1-2-5-18-6-3-4-13-9-8-10(15-7-14-8)17-11(12)16-9/h7H,2-6H2,1H3,(H2,13,14,15,16,17). The molecule has 0 saturated heterocycles. The normalized spacial score (nSPS) is 11.0. The second kappa shape index (κ2) is 6.51. The average molecular weight is 270 g/mol. The molecule has 2 aromatic heterocycles. The van der Waals surface area contributed by atoms with Gasteiger partial charge in [-0.05, 0) is 24.4 Å². The van der Waals surface area contributed by atoms with Crippen molar-refractivity contribution in [1.82, 2.24) is 19.9 Å². The summed E-state index contributed by atoms with van der Waals surface area (Å²) < 4.78 is 5.40. The maximum Gasteiger partial charge on any atom is 0.226 e. The quantitative estimate of drug-likeness (QED) is 0.595. The molecule has 0 aliphatic rings. The van der Waals surface area contributed by atoms with Gasteiger partial charge in [0.15, 0.2) is 11.5 Å². The van der Waals surface area contributed by atoms with E-state index in [4.69, 9.17) is 16.3 Å². The Morgan fingerprint density at radius 1 is 1.39 bits per heavy atom. The molecule has 0 fully saturated rings. The Hall–Kier alpha value is -1.40. The molecule has 0 atom stereocenters. The van der Waals surface area contributed by atoms with Gasteiger partial charge in [-0.3, -0.25) is 0 Å². The van der Waals surface area contributed by atoms with Crippen molar-refractivity contribution < 1.29 is 4.74 Å².